The molecular formula is C23H22N4O4. The molecule has 0 radical (unpaired) electrons. The minimum Gasteiger partial charge on any atom is -0.317 e. The lowest BCUT2D eigenvalue weighted by Gasteiger charge is -2.13. The fourth-order valence-corrected chi connectivity index (χ4v) is 5.36. The zero-order valence-electron chi connectivity index (χ0n) is 17.5. The third-order valence-corrected chi connectivity index (χ3v) is 6.87. The van der Waals surface area contributed by atoms with E-state index in [-0.39, 0.29) is 41.2 Å². The van der Waals surface area contributed by atoms with E-state index in [1.807, 2.05) is 31.4 Å². The van der Waals surface area contributed by atoms with Crippen molar-refractivity contribution in [1.82, 2.24) is 9.58 Å². The molecule has 4 atom stereocenters. The molecule has 8 nitrogen and oxygen atoms in total. The third-order valence-electron chi connectivity index (χ3n) is 6.87. The Kier molecular flexibility index (Phi) is 4.22. The first-order valence-corrected chi connectivity index (χ1v) is 10.3. The van der Waals surface area contributed by atoms with Gasteiger partial charge >= 0.3 is 0 Å². The van der Waals surface area contributed by atoms with Crippen LogP contribution < -0.4 is 0 Å². The van der Waals surface area contributed by atoms with Crippen LogP contribution in [0.2, 0.25) is 0 Å². The van der Waals surface area contributed by atoms with Crippen molar-refractivity contribution in [2.45, 2.75) is 27.2 Å². The number of benzene rings is 1. The number of hydrogen-bond donors (Lipinski definition) is 0. The van der Waals surface area contributed by atoms with Gasteiger partial charge in [0.05, 0.1) is 28.7 Å². The Morgan fingerprint density at radius 3 is 2.32 bits per heavy atom. The van der Waals surface area contributed by atoms with Gasteiger partial charge < -0.3 is 4.57 Å². The minimum absolute atomic E-state index is 0.0198. The Balaban J connectivity index is 1.47. The summed E-state index contributed by atoms with van der Waals surface area (Å²) in [6.45, 7) is 5.69. The quantitative estimate of drug-likeness (QED) is 0.250. The van der Waals surface area contributed by atoms with Crippen molar-refractivity contribution in [3.63, 3.8) is 0 Å². The lowest BCUT2D eigenvalue weighted by atomic mass is 9.85. The highest BCUT2D eigenvalue weighted by atomic mass is 16.6. The summed E-state index contributed by atoms with van der Waals surface area (Å²) in [6, 6.07) is 6.66. The molecule has 2 aromatic rings. The van der Waals surface area contributed by atoms with Gasteiger partial charge in [-0.05, 0) is 50.7 Å². The summed E-state index contributed by atoms with van der Waals surface area (Å²) in [6.07, 6.45) is 6.53. The molecule has 1 saturated carbocycles. The molecule has 2 heterocycles. The van der Waals surface area contributed by atoms with Crippen LogP contribution in [0.3, 0.4) is 0 Å². The van der Waals surface area contributed by atoms with Crippen molar-refractivity contribution in [3.05, 3.63) is 69.0 Å². The number of nitrogens with zero attached hydrogens (tertiary/aromatic N) is 4. The average molecular weight is 418 g/mol. The molecule has 0 spiro atoms. The first-order valence-electron chi connectivity index (χ1n) is 10.3. The highest BCUT2D eigenvalue weighted by Crippen LogP contribution is 2.52. The molecule has 1 saturated heterocycles. The molecule has 1 aromatic heterocycles. The highest BCUT2D eigenvalue weighted by molar-refractivity contribution is 6.06. The minimum atomic E-state index is -0.414. The van der Waals surface area contributed by atoms with Crippen LogP contribution >= 0.6 is 0 Å². The number of aryl methyl sites for hydroxylation is 2. The van der Waals surface area contributed by atoms with E-state index in [1.54, 1.807) is 12.1 Å². The molecule has 1 aliphatic heterocycles. The lowest BCUT2D eigenvalue weighted by Crippen LogP contribution is -2.28. The number of nitro groups is 1. The van der Waals surface area contributed by atoms with Gasteiger partial charge in [-0.15, -0.1) is 0 Å². The largest absolute Gasteiger partial charge is 0.317 e. The monoisotopic (exact) mass is 418 g/mol. The Labute approximate surface area is 179 Å². The van der Waals surface area contributed by atoms with Crippen LogP contribution in [0.1, 0.15) is 28.9 Å². The Hall–Kier alpha value is -3.55. The second-order valence-electron chi connectivity index (χ2n) is 8.62. The van der Waals surface area contributed by atoms with Gasteiger partial charge in [0.15, 0.2) is 0 Å². The van der Waals surface area contributed by atoms with Crippen LogP contribution in [0.4, 0.5) is 5.69 Å². The fourth-order valence-electron chi connectivity index (χ4n) is 5.36. The lowest BCUT2D eigenvalue weighted by molar-refractivity contribution is -0.384. The number of nitro benzene ring substituents is 1. The van der Waals surface area contributed by atoms with Gasteiger partial charge in [-0.25, -0.2) is 0 Å². The number of carbonyl (C=O) groups is 2. The van der Waals surface area contributed by atoms with Gasteiger partial charge in [0.1, 0.15) is 0 Å². The number of aromatic nitrogens is 1. The van der Waals surface area contributed by atoms with Crippen molar-refractivity contribution in [3.8, 4) is 5.69 Å². The van der Waals surface area contributed by atoms with Crippen LogP contribution in [0.5, 0.6) is 0 Å². The van der Waals surface area contributed by atoms with Crippen LogP contribution in [-0.2, 0) is 9.59 Å². The molecule has 2 amide bonds. The number of hydrazone groups is 1. The van der Waals surface area contributed by atoms with E-state index in [0.29, 0.717) is 5.69 Å². The maximum atomic E-state index is 12.8. The maximum Gasteiger partial charge on any atom is 0.271 e. The SMILES string of the molecule is Cc1ccc([N+](=O)[O-])cc1-n1c(C)cc(/C=N\N2C(=O)[C@H]3[C@H](C2=O)[C@H]2C=C[C@H]3C2)c1C. The molecule has 0 N–H and O–H groups in total. The third kappa shape index (κ3) is 2.78. The van der Waals surface area contributed by atoms with E-state index in [4.69, 9.17) is 0 Å². The molecule has 5 rings (SSSR count). The van der Waals surface area contributed by atoms with E-state index in [9.17, 15) is 19.7 Å². The van der Waals surface area contributed by atoms with Gasteiger partial charge in [-0.2, -0.15) is 10.1 Å². The maximum absolute atomic E-state index is 12.8. The first-order chi connectivity index (χ1) is 14.8. The molecule has 1 aromatic carbocycles. The molecule has 2 fully saturated rings. The average Bonchev–Trinajstić information content (AvgIpc) is 3.46. The zero-order chi connectivity index (χ0) is 22.0. The van der Waals surface area contributed by atoms with Crippen molar-refractivity contribution < 1.29 is 14.5 Å². The van der Waals surface area contributed by atoms with Crippen molar-refractivity contribution in [2.24, 2.45) is 28.8 Å². The predicted octanol–water partition coefficient (Wildman–Crippen LogP) is 3.45. The number of amides is 2. The standard InChI is InChI=1S/C23H22N4O4/c1-12-4-7-18(27(30)31)10-19(12)25-13(2)8-17(14(25)3)11-24-26-22(28)20-15-5-6-16(9-15)21(20)23(26)29/h4-8,10-11,15-16,20-21H,9H2,1-3H3/b24-11-/t15-,16-,20+,21+/m0/s1. The second-order valence-corrected chi connectivity index (χ2v) is 8.62. The molecule has 8 heteroatoms. The molecule has 2 aliphatic carbocycles. The van der Waals surface area contributed by atoms with Crippen LogP contribution in [0.15, 0.2) is 41.5 Å². The normalized spacial score (nSPS) is 26.5. The van der Waals surface area contributed by atoms with Gasteiger partial charge in [-0.3, -0.25) is 19.7 Å². The number of allylic oxidation sites excluding steroid dienone is 2. The molecule has 2 bridgehead atoms. The fraction of sp³-hybridized carbons (Fsp3) is 0.348. The molecule has 31 heavy (non-hydrogen) atoms. The molecular weight excluding hydrogens is 396 g/mol. The van der Waals surface area contributed by atoms with Gasteiger partial charge in [0, 0.05) is 29.1 Å². The Morgan fingerprint density at radius 2 is 1.71 bits per heavy atom. The summed E-state index contributed by atoms with van der Waals surface area (Å²) in [5.74, 6) is -0.695. The summed E-state index contributed by atoms with van der Waals surface area (Å²) in [5.41, 5.74) is 4.09. The molecule has 158 valence electrons. The highest BCUT2D eigenvalue weighted by Gasteiger charge is 2.59. The van der Waals surface area contributed by atoms with Gasteiger partial charge in [-0.1, -0.05) is 18.2 Å². The summed E-state index contributed by atoms with van der Waals surface area (Å²) in [4.78, 5) is 36.4. The summed E-state index contributed by atoms with van der Waals surface area (Å²) >= 11 is 0. The molecule has 3 aliphatic rings. The van der Waals surface area contributed by atoms with Crippen LogP contribution in [0, 0.1) is 54.6 Å². The van der Waals surface area contributed by atoms with Crippen molar-refractivity contribution in [1.29, 1.82) is 0 Å². The smallest absolute Gasteiger partial charge is 0.271 e. The van der Waals surface area contributed by atoms with Crippen molar-refractivity contribution in [2.75, 3.05) is 0 Å². The van der Waals surface area contributed by atoms with E-state index in [1.165, 1.54) is 12.3 Å². The number of imide groups is 1. The number of rotatable bonds is 4. The molecule has 0 unspecified atom stereocenters. The summed E-state index contributed by atoms with van der Waals surface area (Å²) < 4.78 is 1.93. The van der Waals surface area contributed by atoms with E-state index >= 15 is 0 Å². The second kappa shape index (κ2) is 6.73. The summed E-state index contributed by atoms with van der Waals surface area (Å²) in [7, 11) is 0. The number of hydrogen-bond acceptors (Lipinski definition) is 5. The predicted molar refractivity (Wildman–Crippen MR) is 114 cm³/mol. The number of carbonyl (C=O) groups excluding carboxylic acids is 2. The Morgan fingerprint density at radius 1 is 1.06 bits per heavy atom. The topological polar surface area (TPSA) is 97.8 Å². The Bertz CT molecular complexity index is 1180. The van der Waals surface area contributed by atoms with E-state index in [0.717, 1.165) is 33.9 Å². The zero-order valence-corrected chi connectivity index (χ0v) is 17.5. The number of non-ortho nitro benzene ring substituents is 1. The summed E-state index contributed by atoms with van der Waals surface area (Å²) in [5, 5.41) is 16.5. The van der Waals surface area contributed by atoms with Gasteiger partial charge in [0.2, 0.25) is 0 Å². The van der Waals surface area contributed by atoms with E-state index < -0.39 is 4.92 Å². The first kappa shape index (κ1) is 19.4. The van der Waals surface area contributed by atoms with E-state index in [2.05, 4.69) is 17.3 Å². The van der Waals surface area contributed by atoms with Gasteiger partial charge in [0.25, 0.3) is 17.5 Å². The van der Waals surface area contributed by atoms with Crippen LogP contribution in [-0.4, -0.2) is 32.5 Å². The number of fused-ring (bicyclic) bond motifs is 5. The van der Waals surface area contributed by atoms with Crippen LogP contribution in [0.25, 0.3) is 5.69 Å². The van der Waals surface area contributed by atoms with Crippen molar-refractivity contribution >= 4 is 23.7 Å².